The van der Waals surface area contributed by atoms with Gasteiger partial charge in [-0.05, 0) is 37.5 Å². The van der Waals surface area contributed by atoms with Crippen LogP contribution >= 0.6 is 0 Å². The van der Waals surface area contributed by atoms with E-state index in [1.54, 1.807) is 0 Å². The van der Waals surface area contributed by atoms with Gasteiger partial charge in [-0.25, -0.2) is 0 Å². The van der Waals surface area contributed by atoms with Crippen molar-refractivity contribution in [2.45, 2.75) is 39.7 Å². The molecule has 17 heavy (non-hydrogen) atoms. The van der Waals surface area contributed by atoms with Crippen LogP contribution in [0.25, 0.3) is 0 Å². The Kier molecular flexibility index (Phi) is 5.71. The summed E-state index contributed by atoms with van der Waals surface area (Å²) in [6, 6.07) is 9.74. The van der Waals surface area contributed by atoms with E-state index >= 15 is 0 Å². The lowest BCUT2D eigenvalue weighted by atomic mass is 10.0. The van der Waals surface area contributed by atoms with Crippen LogP contribution in [0.3, 0.4) is 0 Å². The highest BCUT2D eigenvalue weighted by molar-refractivity contribution is 5.31. The van der Waals surface area contributed by atoms with Crippen LogP contribution in [-0.4, -0.2) is 5.11 Å². The van der Waals surface area contributed by atoms with Crippen molar-refractivity contribution in [2.75, 3.05) is 0 Å². The molecule has 92 valence electrons. The van der Waals surface area contributed by atoms with Crippen molar-refractivity contribution >= 4 is 0 Å². The SMILES string of the molecule is CCC/C=C(C)/C(C)=C/C(O)c1ccccc1. The van der Waals surface area contributed by atoms with Crippen molar-refractivity contribution in [3.63, 3.8) is 0 Å². The molecule has 0 radical (unpaired) electrons. The number of allylic oxidation sites excluding steroid dienone is 3. The molecule has 0 bridgehead atoms. The third-order valence-corrected chi connectivity index (χ3v) is 2.91. The topological polar surface area (TPSA) is 20.2 Å². The smallest absolute Gasteiger partial charge is 0.0977 e. The minimum Gasteiger partial charge on any atom is -0.384 e. The average molecular weight is 230 g/mol. The van der Waals surface area contributed by atoms with E-state index in [0.717, 1.165) is 24.0 Å². The van der Waals surface area contributed by atoms with Crippen molar-refractivity contribution in [1.29, 1.82) is 0 Å². The summed E-state index contributed by atoms with van der Waals surface area (Å²) in [5.74, 6) is 0. The molecule has 0 aromatic heterocycles. The fourth-order valence-corrected chi connectivity index (χ4v) is 1.64. The molecule has 0 fully saturated rings. The minimum atomic E-state index is -0.513. The molecule has 0 aliphatic carbocycles. The standard InChI is InChI=1S/C16H22O/c1-4-5-9-13(2)14(3)12-16(17)15-10-7-6-8-11-15/h6-12,16-17H,4-5H2,1-3H3/b13-9+,14-12+. The second-order valence-corrected chi connectivity index (χ2v) is 4.38. The zero-order valence-corrected chi connectivity index (χ0v) is 11.0. The Morgan fingerprint density at radius 1 is 1.18 bits per heavy atom. The average Bonchev–Trinajstić information content (AvgIpc) is 2.36. The Labute approximate surface area is 104 Å². The van der Waals surface area contributed by atoms with E-state index in [1.807, 2.05) is 43.3 Å². The molecule has 1 heteroatoms. The molecule has 1 aromatic rings. The maximum atomic E-state index is 10.1. The Morgan fingerprint density at radius 3 is 2.41 bits per heavy atom. The summed E-state index contributed by atoms with van der Waals surface area (Å²) in [6.45, 7) is 6.31. The number of hydrogen-bond donors (Lipinski definition) is 1. The van der Waals surface area contributed by atoms with Crippen molar-refractivity contribution in [3.05, 3.63) is 59.2 Å². The lowest BCUT2D eigenvalue weighted by Gasteiger charge is -2.08. The third-order valence-electron chi connectivity index (χ3n) is 2.91. The van der Waals surface area contributed by atoms with Crippen molar-refractivity contribution in [3.8, 4) is 0 Å². The first-order chi connectivity index (χ1) is 8.15. The van der Waals surface area contributed by atoms with E-state index < -0.39 is 6.10 Å². The molecule has 1 aromatic carbocycles. The largest absolute Gasteiger partial charge is 0.384 e. The first-order valence-electron chi connectivity index (χ1n) is 6.23. The second kappa shape index (κ2) is 7.08. The first-order valence-corrected chi connectivity index (χ1v) is 6.23. The molecular formula is C16H22O. The number of aliphatic hydroxyl groups excluding tert-OH is 1. The summed E-state index contributed by atoms with van der Waals surface area (Å²) in [5.41, 5.74) is 3.34. The summed E-state index contributed by atoms with van der Waals surface area (Å²) >= 11 is 0. The van der Waals surface area contributed by atoms with Crippen LogP contribution in [0.1, 0.15) is 45.3 Å². The van der Waals surface area contributed by atoms with Gasteiger partial charge in [0.2, 0.25) is 0 Å². The monoisotopic (exact) mass is 230 g/mol. The molecule has 1 atom stereocenters. The molecule has 1 N–H and O–H groups in total. The third kappa shape index (κ3) is 4.58. The Balaban J connectivity index is 2.75. The maximum absolute atomic E-state index is 10.1. The van der Waals surface area contributed by atoms with E-state index in [0.29, 0.717) is 0 Å². The number of unbranched alkanes of at least 4 members (excludes halogenated alkanes) is 1. The first kappa shape index (κ1) is 13.7. The summed E-state index contributed by atoms with van der Waals surface area (Å²) in [5, 5.41) is 10.1. The normalized spacial score (nSPS) is 14.8. The maximum Gasteiger partial charge on any atom is 0.0977 e. The van der Waals surface area contributed by atoms with Crippen LogP contribution < -0.4 is 0 Å². The van der Waals surface area contributed by atoms with E-state index in [9.17, 15) is 5.11 Å². The predicted octanol–water partition coefficient (Wildman–Crippen LogP) is 4.41. The molecular weight excluding hydrogens is 208 g/mol. The van der Waals surface area contributed by atoms with Crippen molar-refractivity contribution < 1.29 is 5.11 Å². The molecule has 0 saturated carbocycles. The van der Waals surface area contributed by atoms with Crippen LogP contribution in [-0.2, 0) is 0 Å². The summed E-state index contributed by atoms with van der Waals surface area (Å²) in [6.07, 6.45) is 5.88. The van der Waals surface area contributed by atoms with Crippen LogP contribution in [0.15, 0.2) is 53.6 Å². The van der Waals surface area contributed by atoms with E-state index in [1.165, 1.54) is 5.57 Å². The van der Waals surface area contributed by atoms with Gasteiger partial charge in [0.1, 0.15) is 0 Å². The summed E-state index contributed by atoms with van der Waals surface area (Å²) in [4.78, 5) is 0. The molecule has 0 aliphatic heterocycles. The van der Waals surface area contributed by atoms with Crippen LogP contribution in [0.4, 0.5) is 0 Å². The minimum absolute atomic E-state index is 0.513. The van der Waals surface area contributed by atoms with Gasteiger partial charge in [0.05, 0.1) is 6.10 Å². The van der Waals surface area contributed by atoms with Crippen molar-refractivity contribution in [1.82, 2.24) is 0 Å². The van der Waals surface area contributed by atoms with E-state index in [4.69, 9.17) is 0 Å². The van der Waals surface area contributed by atoms with Crippen molar-refractivity contribution in [2.24, 2.45) is 0 Å². The van der Waals surface area contributed by atoms with Gasteiger partial charge >= 0.3 is 0 Å². The number of rotatable bonds is 5. The Hall–Kier alpha value is -1.34. The molecule has 0 aliphatic rings. The summed E-state index contributed by atoms with van der Waals surface area (Å²) in [7, 11) is 0. The molecule has 1 rings (SSSR count). The quantitative estimate of drug-likeness (QED) is 0.743. The van der Waals surface area contributed by atoms with Gasteiger partial charge in [-0.3, -0.25) is 0 Å². The molecule has 0 heterocycles. The fourth-order valence-electron chi connectivity index (χ4n) is 1.64. The van der Waals surface area contributed by atoms with Gasteiger partial charge in [-0.2, -0.15) is 0 Å². The molecule has 0 spiro atoms. The molecule has 1 unspecified atom stereocenters. The Bertz CT molecular complexity index is 387. The fraction of sp³-hybridized carbons (Fsp3) is 0.375. The highest BCUT2D eigenvalue weighted by atomic mass is 16.3. The number of aliphatic hydroxyl groups is 1. The van der Waals surface area contributed by atoms with Gasteiger partial charge in [0, 0.05) is 0 Å². The predicted molar refractivity (Wildman–Crippen MR) is 73.8 cm³/mol. The zero-order valence-electron chi connectivity index (χ0n) is 11.0. The molecule has 1 nitrogen and oxygen atoms in total. The van der Waals surface area contributed by atoms with Gasteiger partial charge in [-0.15, -0.1) is 0 Å². The molecule has 0 saturated heterocycles. The zero-order chi connectivity index (χ0) is 12.7. The lowest BCUT2D eigenvalue weighted by molar-refractivity contribution is 0.228. The van der Waals surface area contributed by atoms with Crippen LogP contribution in [0.5, 0.6) is 0 Å². The molecule has 0 amide bonds. The van der Waals surface area contributed by atoms with Gasteiger partial charge < -0.3 is 5.11 Å². The lowest BCUT2D eigenvalue weighted by Crippen LogP contribution is -1.94. The number of benzene rings is 1. The van der Waals surface area contributed by atoms with Crippen LogP contribution in [0.2, 0.25) is 0 Å². The number of hydrogen-bond acceptors (Lipinski definition) is 1. The van der Waals surface area contributed by atoms with E-state index in [2.05, 4.69) is 19.9 Å². The highest BCUT2D eigenvalue weighted by Gasteiger charge is 2.04. The highest BCUT2D eigenvalue weighted by Crippen LogP contribution is 2.19. The summed E-state index contributed by atoms with van der Waals surface area (Å²) < 4.78 is 0. The Morgan fingerprint density at radius 2 is 1.82 bits per heavy atom. The van der Waals surface area contributed by atoms with Gasteiger partial charge in [0.15, 0.2) is 0 Å². The second-order valence-electron chi connectivity index (χ2n) is 4.38. The van der Waals surface area contributed by atoms with Gasteiger partial charge in [0.25, 0.3) is 0 Å². The van der Waals surface area contributed by atoms with Crippen LogP contribution in [0, 0.1) is 0 Å². The van der Waals surface area contributed by atoms with E-state index in [-0.39, 0.29) is 0 Å². The van der Waals surface area contributed by atoms with Gasteiger partial charge in [-0.1, -0.05) is 55.3 Å².